The lowest BCUT2D eigenvalue weighted by atomic mass is 10.1. The standard InChI is InChI=1S/C17H20N4O2S.HI/c1-23-14-5-3-2-4-13(14)20-17(18)19-10-16(22)21-8-6-15-12(11-21)7-9-24-15;/h2-5,7,9H,6,8,10-11H2,1H3,(H3,18,19,20);1H. The van der Waals surface area contributed by atoms with Gasteiger partial charge in [-0.1, -0.05) is 12.1 Å². The number of nitrogens with one attached hydrogen (secondary N) is 1. The van der Waals surface area contributed by atoms with Gasteiger partial charge in [0.05, 0.1) is 12.8 Å². The molecule has 1 aliphatic rings. The number of amides is 1. The van der Waals surface area contributed by atoms with Crippen LogP contribution >= 0.6 is 35.3 Å². The Morgan fingerprint density at radius 3 is 3.00 bits per heavy atom. The number of methoxy groups -OCH3 is 1. The zero-order valence-corrected chi connectivity index (χ0v) is 17.0. The maximum absolute atomic E-state index is 12.3. The van der Waals surface area contributed by atoms with E-state index >= 15 is 0 Å². The predicted octanol–water partition coefficient (Wildman–Crippen LogP) is 2.69. The van der Waals surface area contributed by atoms with Crippen molar-refractivity contribution in [3.63, 3.8) is 0 Å². The Hall–Kier alpha value is -1.81. The summed E-state index contributed by atoms with van der Waals surface area (Å²) in [5, 5.41) is 5.04. The minimum atomic E-state index is -0.0170. The number of carbonyl (C=O) groups excluding carboxylic acids is 1. The Bertz CT molecular complexity index is 763. The number of nitrogens with two attached hydrogens (primary N) is 1. The molecule has 134 valence electrons. The lowest BCUT2D eigenvalue weighted by Gasteiger charge is -2.26. The number of ether oxygens (including phenoxy) is 1. The first-order valence-corrected chi connectivity index (χ1v) is 8.58. The number of halogens is 1. The van der Waals surface area contributed by atoms with Gasteiger partial charge in [0.25, 0.3) is 0 Å². The van der Waals surface area contributed by atoms with E-state index < -0.39 is 0 Å². The zero-order chi connectivity index (χ0) is 16.9. The third-order valence-corrected chi connectivity index (χ3v) is 4.94. The Labute approximate surface area is 168 Å². The van der Waals surface area contributed by atoms with Crippen LogP contribution in [0, 0.1) is 0 Å². The van der Waals surface area contributed by atoms with Gasteiger partial charge in [0.15, 0.2) is 5.96 Å². The molecule has 3 N–H and O–H groups in total. The van der Waals surface area contributed by atoms with Crippen LogP contribution in [0.2, 0.25) is 0 Å². The van der Waals surface area contributed by atoms with E-state index in [0.717, 1.165) is 18.7 Å². The van der Waals surface area contributed by atoms with Gasteiger partial charge in [-0.25, -0.2) is 4.99 Å². The van der Waals surface area contributed by atoms with Crippen LogP contribution in [0.4, 0.5) is 5.69 Å². The molecule has 0 spiro atoms. The molecule has 6 nitrogen and oxygen atoms in total. The molecule has 0 aliphatic carbocycles. The van der Waals surface area contributed by atoms with Gasteiger partial charge in [-0.3, -0.25) is 4.79 Å². The summed E-state index contributed by atoms with van der Waals surface area (Å²) in [7, 11) is 1.59. The summed E-state index contributed by atoms with van der Waals surface area (Å²) in [5.74, 6) is 0.848. The molecule has 0 bridgehead atoms. The van der Waals surface area contributed by atoms with Crippen LogP contribution in [0.15, 0.2) is 40.7 Å². The number of fused-ring (bicyclic) bond motifs is 1. The summed E-state index contributed by atoms with van der Waals surface area (Å²) in [6.07, 6.45) is 0.914. The van der Waals surface area contributed by atoms with Crippen LogP contribution in [-0.4, -0.2) is 37.0 Å². The minimum Gasteiger partial charge on any atom is -0.495 e. The number of thiophene rings is 1. The summed E-state index contributed by atoms with van der Waals surface area (Å²) >= 11 is 1.75. The smallest absolute Gasteiger partial charge is 0.244 e. The molecule has 2 aromatic rings. The highest BCUT2D eigenvalue weighted by Gasteiger charge is 2.21. The Kier molecular flexibility index (Phi) is 7.06. The van der Waals surface area contributed by atoms with Crippen molar-refractivity contribution in [1.29, 1.82) is 0 Å². The van der Waals surface area contributed by atoms with Crippen LogP contribution in [0.25, 0.3) is 0 Å². The number of hydrogen-bond donors (Lipinski definition) is 2. The fourth-order valence-electron chi connectivity index (χ4n) is 2.64. The van der Waals surface area contributed by atoms with Gasteiger partial charge in [-0.15, -0.1) is 35.3 Å². The second-order valence-electron chi connectivity index (χ2n) is 5.46. The Balaban J connectivity index is 0.00000225. The molecule has 1 amide bonds. The molecular weight excluding hydrogens is 451 g/mol. The lowest BCUT2D eigenvalue weighted by Crippen LogP contribution is -2.37. The van der Waals surface area contributed by atoms with Crippen LogP contribution in [-0.2, 0) is 17.8 Å². The molecule has 0 saturated carbocycles. The molecule has 1 aromatic carbocycles. The van der Waals surface area contributed by atoms with Crippen LogP contribution in [0.1, 0.15) is 10.4 Å². The number of aliphatic imine (C=N–C) groups is 1. The van der Waals surface area contributed by atoms with E-state index in [2.05, 4.69) is 21.8 Å². The summed E-state index contributed by atoms with van der Waals surface area (Å²) in [5.41, 5.74) is 7.84. The molecule has 1 aromatic heterocycles. The fraction of sp³-hybridized carbons (Fsp3) is 0.294. The third kappa shape index (κ3) is 4.85. The van der Waals surface area contributed by atoms with E-state index in [1.807, 2.05) is 29.2 Å². The highest BCUT2D eigenvalue weighted by Crippen LogP contribution is 2.24. The van der Waals surface area contributed by atoms with E-state index in [-0.39, 0.29) is 42.4 Å². The SMILES string of the molecule is COc1ccccc1NC(N)=NCC(=O)N1CCc2sccc2C1.I. The van der Waals surface area contributed by atoms with Crippen LogP contribution in [0.3, 0.4) is 0 Å². The average molecular weight is 472 g/mol. The Morgan fingerprint density at radius 2 is 2.20 bits per heavy atom. The van der Waals surface area contributed by atoms with E-state index in [9.17, 15) is 4.79 Å². The van der Waals surface area contributed by atoms with Gasteiger partial charge in [0, 0.05) is 18.0 Å². The fourth-order valence-corrected chi connectivity index (χ4v) is 3.53. The van der Waals surface area contributed by atoms with Gasteiger partial charge in [0.1, 0.15) is 12.3 Å². The molecule has 0 fully saturated rings. The highest BCUT2D eigenvalue weighted by molar-refractivity contribution is 14.0. The third-order valence-electron chi connectivity index (χ3n) is 3.91. The van der Waals surface area contributed by atoms with Crippen molar-refractivity contribution in [1.82, 2.24) is 4.90 Å². The van der Waals surface area contributed by atoms with Crippen LogP contribution < -0.4 is 15.8 Å². The second-order valence-corrected chi connectivity index (χ2v) is 6.46. The molecule has 1 aliphatic heterocycles. The quantitative estimate of drug-likeness (QED) is 0.408. The molecule has 0 saturated heterocycles. The van der Waals surface area contributed by atoms with Crippen molar-refractivity contribution >= 4 is 52.9 Å². The van der Waals surface area contributed by atoms with E-state index in [0.29, 0.717) is 12.3 Å². The lowest BCUT2D eigenvalue weighted by molar-refractivity contribution is -0.130. The van der Waals surface area contributed by atoms with Crippen molar-refractivity contribution in [3.8, 4) is 5.75 Å². The van der Waals surface area contributed by atoms with E-state index in [4.69, 9.17) is 10.5 Å². The molecule has 3 rings (SSSR count). The van der Waals surface area contributed by atoms with Crippen molar-refractivity contribution in [2.75, 3.05) is 25.5 Å². The maximum atomic E-state index is 12.3. The number of para-hydroxylation sites is 2. The van der Waals surface area contributed by atoms with Gasteiger partial charge in [0.2, 0.25) is 5.91 Å². The summed E-state index contributed by atoms with van der Waals surface area (Å²) in [6, 6.07) is 9.49. The largest absolute Gasteiger partial charge is 0.495 e. The molecule has 0 radical (unpaired) electrons. The predicted molar refractivity (Wildman–Crippen MR) is 112 cm³/mol. The van der Waals surface area contributed by atoms with Crippen molar-refractivity contribution in [2.45, 2.75) is 13.0 Å². The van der Waals surface area contributed by atoms with Crippen molar-refractivity contribution in [3.05, 3.63) is 46.2 Å². The molecule has 0 atom stereocenters. The normalized spacial score (nSPS) is 13.6. The number of guanidine groups is 1. The Morgan fingerprint density at radius 1 is 1.40 bits per heavy atom. The van der Waals surface area contributed by atoms with Crippen molar-refractivity contribution in [2.24, 2.45) is 10.7 Å². The molecular formula is C17H21IN4O2S. The maximum Gasteiger partial charge on any atom is 0.244 e. The van der Waals surface area contributed by atoms with Gasteiger partial charge in [-0.2, -0.15) is 0 Å². The summed E-state index contributed by atoms with van der Waals surface area (Å²) < 4.78 is 5.25. The molecule has 0 unspecified atom stereocenters. The number of carbonyl (C=O) groups is 1. The minimum absolute atomic E-state index is 0. The summed E-state index contributed by atoms with van der Waals surface area (Å²) in [6.45, 7) is 1.43. The second kappa shape index (κ2) is 9.04. The monoisotopic (exact) mass is 472 g/mol. The van der Waals surface area contributed by atoms with Crippen molar-refractivity contribution < 1.29 is 9.53 Å². The molecule has 8 heteroatoms. The average Bonchev–Trinajstić information content (AvgIpc) is 3.07. The first kappa shape index (κ1) is 19.5. The topological polar surface area (TPSA) is 80.0 Å². The number of nitrogens with zero attached hydrogens (tertiary/aromatic N) is 2. The number of hydrogen-bond acceptors (Lipinski definition) is 4. The molecule has 25 heavy (non-hydrogen) atoms. The van der Waals surface area contributed by atoms with Gasteiger partial charge >= 0.3 is 0 Å². The first-order valence-electron chi connectivity index (χ1n) is 7.70. The first-order chi connectivity index (χ1) is 11.7. The zero-order valence-electron chi connectivity index (χ0n) is 13.9. The highest BCUT2D eigenvalue weighted by atomic mass is 127. The summed E-state index contributed by atoms with van der Waals surface area (Å²) in [4.78, 5) is 19.7. The number of anilines is 1. The van der Waals surface area contributed by atoms with Gasteiger partial charge in [-0.05, 0) is 35.6 Å². The van der Waals surface area contributed by atoms with E-state index in [1.165, 1.54) is 10.4 Å². The van der Waals surface area contributed by atoms with Gasteiger partial charge < -0.3 is 20.7 Å². The van der Waals surface area contributed by atoms with Crippen LogP contribution in [0.5, 0.6) is 5.75 Å². The van der Waals surface area contributed by atoms with E-state index in [1.54, 1.807) is 18.4 Å². The number of rotatable bonds is 4. The molecule has 2 heterocycles. The number of benzene rings is 1.